The normalized spacial score (nSPS) is 11.8. The maximum Gasteiger partial charge on any atom is 0.492 e. The largest absolute Gasteiger partial charge is 0.493 e. The smallest absolute Gasteiger partial charge is 0.492 e. The van der Waals surface area contributed by atoms with E-state index < -0.39 is 7.12 Å². The second-order valence-corrected chi connectivity index (χ2v) is 7.30. The summed E-state index contributed by atoms with van der Waals surface area (Å²) in [5.74, 6) is 1.12. The van der Waals surface area contributed by atoms with Gasteiger partial charge in [0, 0.05) is 16.8 Å². The van der Waals surface area contributed by atoms with Crippen LogP contribution in [-0.4, -0.2) is 35.2 Å². The van der Waals surface area contributed by atoms with Crippen molar-refractivity contribution in [3.8, 4) is 5.75 Å². The number of hydrogen-bond acceptors (Lipinski definition) is 6. The van der Waals surface area contributed by atoms with Crippen LogP contribution < -0.4 is 15.9 Å². The van der Waals surface area contributed by atoms with Crippen LogP contribution in [0, 0.1) is 6.92 Å². The fourth-order valence-corrected chi connectivity index (χ4v) is 3.12. The van der Waals surface area contributed by atoms with Crippen molar-refractivity contribution in [2.75, 3.05) is 6.61 Å². The molecule has 0 aromatic heterocycles. The molecule has 0 saturated carbocycles. The molecule has 0 spiro atoms. The third kappa shape index (κ3) is 7.03. The quantitative estimate of drug-likeness (QED) is 0.198. The van der Waals surface area contributed by atoms with Crippen LogP contribution >= 0.6 is 11.8 Å². The summed E-state index contributed by atoms with van der Waals surface area (Å²) < 4.78 is 5.79. The molecular weight excluding hydrogens is 373 g/mol. The number of ether oxygens (including phenoxy) is 1. The van der Waals surface area contributed by atoms with Gasteiger partial charge in [-0.15, -0.1) is 5.10 Å². The molecule has 0 radical (unpaired) electrons. The molecule has 6 nitrogen and oxygen atoms in total. The zero-order valence-electron chi connectivity index (χ0n) is 16.2. The minimum Gasteiger partial charge on any atom is -0.493 e. The van der Waals surface area contributed by atoms with Crippen molar-refractivity contribution < 1.29 is 14.8 Å². The average Bonchev–Trinajstić information content (AvgIpc) is 2.68. The fourth-order valence-electron chi connectivity index (χ4n) is 2.51. The van der Waals surface area contributed by atoms with E-state index in [-0.39, 0.29) is 0 Å². The predicted molar refractivity (Wildman–Crippen MR) is 118 cm³/mol. The van der Waals surface area contributed by atoms with Gasteiger partial charge in [-0.1, -0.05) is 67.1 Å². The van der Waals surface area contributed by atoms with Crippen molar-refractivity contribution in [2.45, 2.75) is 32.4 Å². The van der Waals surface area contributed by atoms with Crippen LogP contribution in [-0.2, 0) is 5.75 Å². The Morgan fingerprint density at radius 2 is 2.00 bits per heavy atom. The van der Waals surface area contributed by atoms with Gasteiger partial charge in [-0.05, 0) is 25.0 Å². The summed E-state index contributed by atoms with van der Waals surface area (Å²) in [6, 6.07) is 13.5. The van der Waals surface area contributed by atoms with E-state index in [1.165, 1.54) is 18.0 Å². The maximum atomic E-state index is 9.68. The number of thioether (sulfide) groups is 1. The molecule has 0 heterocycles. The van der Waals surface area contributed by atoms with E-state index in [4.69, 9.17) is 10.5 Å². The Morgan fingerprint density at radius 3 is 2.68 bits per heavy atom. The molecule has 0 saturated heterocycles. The Balaban J connectivity index is 2.13. The highest BCUT2D eigenvalue weighted by molar-refractivity contribution is 8.13. The van der Waals surface area contributed by atoms with Gasteiger partial charge < -0.3 is 20.5 Å². The lowest BCUT2D eigenvalue weighted by molar-refractivity contribution is 0.309. The third-order valence-electron chi connectivity index (χ3n) is 3.90. The van der Waals surface area contributed by atoms with Crippen LogP contribution in [0.5, 0.6) is 5.75 Å². The molecule has 0 aliphatic heterocycles. The molecule has 0 aliphatic rings. The Labute approximate surface area is 170 Å². The van der Waals surface area contributed by atoms with E-state index in [1.54, 1.807) is 6.07 Å². The number of nitrogens with two attached hydrogens (primary N) is 1. The summed E-state index contributed by atoms with van der Waals surface area (Å²) in [6.07, 6.45) is 3.37. The first-order valence-electron chi connectivity index (χ1n) is 9.18. The van der Waals surface area contributed by atoms with Gasteiger partial charge >= 0.3 is 7.12 Å². The molecule has 2 rings (SSSR count). The lowest BCUT2D eigenvalue weighted by atomic mass is 9.77. The van der Waals surface area contributed by atoms with Crippen LogP contribution in [0.25, 0.3) is 0 Å². The highest BCUT2D eigenvalue weighted by atomic mass is 32.2. The first-order chi connectivity index (χ1) is 13.5. The van der Waals surface area contributed by atoms with Gasteiger partial charge in [-0.25, -0.2) is 0 Å². The second-order valence-electron chi connectivity index (χ2n) is 6.31. The summed E-state index contributed by atoms with van der Waals surface area (Å²) in [6.45, 7) is 4.41. The summed E-state index contributed by atoms with van der Waals surface area (Å²) >= 11 is 1.40. The summed E-state index contributed by atoms with van der Waals surface area (Å²) in [5, 5.41) is 27.8. The van der Waals surface area contributed by atoms with Crippen LogP contribution in [0.1, 0.15) is 36.5 Å². The van der Waals surface area contributed by atoms with Crippen molar-refractivity contribution >= 4 is 35.7 Å². The van der Waals surface area contributed by atoms with E-state index in [1.807, 2.05) is 43.3 Å². The molecule has 0 bridgehead atoms. The summed E-state index contributed by atoms with van der Waals surface area (Å²) in [5.41, 5.74) is 8.88. The van der Waals surface area contributed by atoms with Crippen LogP contribution in [0.2, 0.25) is 0 Å². The molecule has 28 heavy (non-hydrogen) atoms. The number of aryl methyl sites for hydroxylation is 1. The number of amidine groups is 1. The third-order valence-corrected chi connectivity index (χ3v) is 4.75. The van der Waals surface area contributed by atoms with Gasteiger partial charge in [0.05, 0.1) is 12.8 Å². The van der Waals surface area contributed by atoms with Crippen molar-refractivity contribution in [3.05, 3.63) is 59.2 Å². The molecule has 2 aromatic rings. The Hall–Kier alpha value is -2.29. The molecule has 0 fully saturated rings. The number of hydrogen-bond donors (Lipinski definition) is 3. The van der Waals surface area contributed by atoms with Gasteiger partial charge in [0.1, 0.15) is 5.75 Å². The fraction of sp³-hybridized carbons (Fsp3) is 0.300. The summed E-state index contributed by atoms with van der Waals surface area (Å²) in [7, 11) is -1.63. The molecule has 0 atom stereocenters. The van der Waals surface area contributed by atoms with E-state index in [2.05, 4.69) is 17.1 Å². The molecule has 4 N–H and O–H groups in total. The standard InChI is InChI=1S/C20H26BN3O3S/c1-3-4-10-27-19-17(11-15(2)12-18(19)21(25)26)13-23-24-20(22)28-14-16-8-6-5-7-9-16/h5-9,11-13,25-26H,3-4,10,14H2,1-2H3,(H2,22,24). The minimum atomic E-state index is -1.63. The van der Waals surface area contributed by atoms with E-state index in [0.29, 0.717) is 34.3 Å². The average molecular weight is 399 g/mol. The Morgan fingerprint density at radius 1 is 1.25 bits per heavy atom. The number of nitrogens with zero attached hydrogens (tertiary/aromatic N) is 2. The van der Waals surface area contributed by atoms with Crippen molar-refractivity contribution in [2.24, 2.45) is 15.9 Å². The van der Waals surface area contributed by atoms with Crippen LogP contribution in [0.15, 0.2) is 52.7 Å². The second kappa shape index (κ2) is 11.5. The molecule has 0 aliphatic carbocycles. The molecule has 0 unspecified atom stereocenters. The zero-order valence-corrected chi connectivity index (χ0v) is 17.0. The van der Waals surface area contributed by atoms with Crippen LogP contribution in [0.4, 0.5) is 0 Å². The van der Waals surface area contributed by atoms with Gasteiger partial charge in [0.25, 0.3) is 0 Å². The molecular formula is C20H26BN3O3S. The molecule has 2 aromatic carbocycles. The van der Waals surface area contributed by atoms with Crippen molar-refractivity contribution in [1.82, 2.24) is 0 Å². The van der Waals surface area contributed by atoms with Gasteiger partial charge in [-0.2, -0.15) is 5.10 Å². The molecule has 148 valence electrons. The SMILES string of the molecule is CCCCOc1c(C=NN=C(N)SCc2ccccc2)cc(C)cc1B(O)O. The van der Waals surface area contributed by atoms with Gasteiger partial charge in [-0.3, -0.25) is 0 Å². The van der Waals surface area contributed by atoms with E-state index >= 15 is 0 Å². The Bertz CT molecular complexity index is 814. The molecule has 8 heteroatoms. The van der Waals surface area contributed by atoms with E-state index in [0.717, 1.165) is 24.0 Å². The zero-order chi connectivity index (χ0) is 20.4. The number of unbranched alkanes of at least 4 members (excludes halogenated alkanes) is 1. The number of rotatable bonds is 9. The lowest BCUT2D eigenvalue weighted by Crippen LogP contribution is -2.32. The predicted octanol–water partition coefficient (Wildman–Crippen LogP) is 2.44. The summed E-state index contributed by atoms with van der Waals surface area (Å²) in [4.78, 5) is 0. The van der Waals surface area contributed by atoms with Crippen LogP contribution in [0.3, 0.4) is 0 Å². The highest BCUT2D eigenvalue weighted by Gasteiger charge is 2.20. The van der Waals surface area contributed by atoms with E-state index in [9.17, 15) is 10.0 Å². The first-order valence-corrected chi connectivity index (χ1v) is 10.2. The highest BCUT2D eigenvalue weighted by Crippen LogP contribution is 2.18. The van der Waals surface area contributed by atoms with Gasteiger partial charge in [0.2, 0.25) is 0 Å². The van der Waals surface area contributed by atoms with Gasteiger partial charge in [0.15, 0.2) is 5.17 Å². The maximum absolute atomic E-state index is 9.68. The molecule has 0 amide bonds. The minimum absolute atomic E-state index is 0.313. The Kier molecular flexibility index (Phi) is 9.07. The lowest BCUT2D eigenvalue weighted by Gasteiger charge is -2.14. The topological polar surface area (TPSA) is 100 Å². The monoisotopic (exact) mass is 399 g/mol. The van der Waals surface area contributed by atoms with Crippen molar-refractivity contribution in [3.63, 3.8) is 0 Å². The van der Waals surface area contributed by atoms with Crippen molar-refractivity contribution in [1.29, 1.82) is 0 Å². The number of benzene rings is 2. The first kappa shape index (κ1) is 22.0.